The second-order valence-electron chi connectivity index (χ2n) is 1.59. The molecule has 0 radical (unpaired) electrons. The first-order valence-electron chi connectivity index (χ1n) is 2.61. The lowest BCUT2D eigenvalue weighted by atomic mass is 10.6. The molecule has 0 aliphatic heterocycles. The molecule has 0 saturated heterocycles. The Morgan fingerprint density at radius 3 is 2.36 bits per heavy atom. The molecule has 7 nitrogen and oxygen atoms in total. The van der Waals surface area contributed by atoms with Gasteiger partial charge in [-0.1, -0.05) is 0 Å². The van der Waals surface area contributed by atoms with E-state index < -0.39 is 24.6 Å². The van der Waals surface area contributed by atoms with Gasteiger partial charge < -0.3 is 10.2 Å². The Kier molecular flexibility index (Phi) is 3.75. The zero-order valence-corrected chi connectivity index (χ0v) is 5.47. The second kappa shape index (κ2) is 4.34. The van der Waals surface area contributed by atoms with E-state index in [0.717, 1.165) is 0 Å². The molecule has 0 rings (SSSR count). The minimum Gasteiger partial charge on any atom is -0.480 e. The van der Waals surface area contributed by atoms with Crippen molar-refractivity contribution in [1.82, 2.24) is 0 Å². The van der Waals surface area contributed by atoms with Crippen LogP contribution in [0.25, 0.3) is 0 Å². The third-order valence-electron chi connectivity index (χ3n) is 0.665. The van der Waals surface area contributed by atoms with Gasteiger partial charge in [0.2, 0.25) is 6.17 Å². The molecule has 0 aromatic rings. The highest BCUT2D eigenvalue weighted by Gasteiger charge is 2.08. The van der Waals surface area contributed by atoms with E-state index in [1.165, 1.54) is 0 Å². The van der Waals surface area contributed by atoms with Crippen LogP contribution in [0.1, 0.15) is 0 Å². The largest absolute Gasteiger partial charge is 0.480 e. The van der Waals surface area contributed by atoms with Gasteiger partial charge in [0.1, 0.15) is 0 Å². The number of nitrogens with zero attached hydrogens (tertiary/aromatic N) is 2. The molecule has 1 atom stereocenters. The lowest BCUT2D eigenvalue weighted by Gasteiger charge is -1.94. The molecule has 0 aliphatic rings. The van der Waals surface area contributed by atoms with Gasteiger partial charge in [0, 0.05) is 0 Å². The van der Waals surface area contributed by atoms with E-state index in [0.29, 0.717) is 0 Å². The minimum atomic E-state index is -1.48. The lowest BCUT2D eigenvalue weighted by Crippen LogP contribution is -2.27. The molecule has 62 valence electrons. The van der Waals surface area contributed by atoms with Gasteiger partial charge in [-0.3, -0.25) is 10.5 Å². The standard InChI is InChI=1S/C4H7N3O4/c5-3(4(10)11)7-6-1-2(8)9/h3H,1,5H2,(H,8,9)(H,10,11)/b7-6+. The number of aliphatic carboxylic acids is 2. The van der Waals surface area contributed by atoms with Crippen molar-refractivity contribution in [3.05, 3.63) is 0 Å². The predicted molar refractivity (Wildman–Crippen MR) is 33.0 cm³/mol. The molecule has 0 aromatic carbocycles. The van der Waals surface area contributed by atoms with Crippen molar-refractivity contribution in [2.75, 3.05) is 6.54 Å². The average molecular weight is 161 g/mol. The molecule has 4 N–H and O–H groups in total. The predicted octanol–water partition coefficient (Wildman–Crippen LogP) is -1.11. The van der Waals surface area contributed by atoms with Crippen LogP contribution in [0, 0.1) is 0 Å². The van der Waals surface area contributed by atoms with Gasteiger partial charge in [-0.2, -0.15) is 10.2 Å². The SMILES string of the molecule is NC(/N=N/CC(=O)O)C(=O)O. The zero-order chi connectivity index (χ0) is 8.85. The van der Waals surface area contributed by atoms with E-state index in [4.69, 9.17) is 15.9 Å². The Bertz CT molecular complexity index is 190. The number of hydrogen-bond donors (Lipinski definition) is 3. The van der Waals surface area contributed by atoms with Crippen molar-refractivity contribution in [3.8, 4) is 0 Å². The molecule has 0 bridgehead atoms. The number of carboxylic acids is 2. The van der Waals surface area contributed by atoms with Crippen molar-refractivity contribution in [3.63, 3.8) is 0 Å². The summed E-state index contributed by atoms with van der Waals surface area (Å²) in [6, 6.07) is 0. The Morgan fingerprint density at radius 1 is 1.45 bits per heavy atom. The normalized spacial score (nSPS) is 13.2. The van der Waals surface area contributed by atoms with E-state index in [2.05, 4.69) is 10.2 Å². The van der Waals surface area contributed by atoms with Crippen molar-refractivity contribution in [2.45, 2.75) is 6.17 Å². The van der Waals surface area contributed by atoms with E-state index in [1.807, 2.05) is 0 Å². The van der Waals surface area contributed by atoms with Crippen LogP contribution in [0.3, 0.4) is 0 Å². The van der Waals surface area contributed by atoms with Crippen LogP contribution in [0.5, 0.6) is 0 Å². The summed E-state index contributed by atoms with van der Waals surface area (Å²) in [5.74, 6) is -2.54. The third kappa shape index (κ3) is 4.97. The molecule has 0 fully saturated rings. The molecule has 1 unspecified atom stereocenters. The summed E-state index contributed by atoms with van der Waals surface area (Å²) in [5, 5.41) is 22.1. The highest BCUT2D eigenvalue weighted by atomic mass is 16.4. The minimum absolute atomic E-state index is 0.568. The smallest absolute Gasteiger partial charge is 0.345 e. The van der Waals surface area contributed by atoms with Gasteiger partial charge in [-0.15, -0.1) is 0 Å². The molecule has 11 heavy (non-hydrogen) atoms. The number of hydrogen-bond acceptors (Lipinski definition) is 5. The summed E-state index contributed by atoms with van der Waals surface area (Å²) in [6.07, 6.45) is -1.48. The van der Waals surface area contributed by atoms with Gasteiger partial charge in [0.25, 0.3) is 0 Å². The second-order valence-corrected chi connectivity index (χ2v) is 1.59. The maximum absolute atomic E-state index is 9.95. The van der Waals surface area contributed by atoms with Gasteiger partial charge in [-0.25, -0.2) is 4.79 Å². The van der Waals surface area contributed by atoms with Gasteiger partial charge in [0.15, 0.2) is 6.54 Å². The first-order chi connectivity index (χ1) is 5.04. The summed E-state index contributed by atoms with van der Waals surface area (Å²) < 4.78 is 0. The molecular formula is C4H7N3O4. The van der Waals surface area contributed by atoms with E-state index in [1.54, 1.807) is 0 Å². The monoisotopic (exact) mass is 161 g/mol. The van der Waals surface area contributed by atoms with Crippen molar-refractivity contribution < 1.29 is 19.8 Å². The summed E-state index contributed by atoms with van der Waals surface area (Å²) in [6.45, 7) is -0.568. The highest BCUT2D eigenvalue weighted by molar-refractivity contribution is 5.72. The Labute approximate surface area is 61.5 Å². The molecule has 0 aliphatic carbocycles. The van der Waals surface area contributed by atoms with Crippen LogP contribution in [0.4, 0.5) is 0 Å². The lowest BCUT2D eigenvalue weighted by molar-refractivity contribution is -0.139. The Hall–Kier alpha value is -1.50. The fourth-order valence-electron chi connectivity index (χ4n) is 0.239. The number of nitrogens with two attached hydrogens (primary N) is 1. The molecule has 0 saturated carbocycles. The van der Waals surface area contributed by atoms with E-state index >= 15 is 0 Å². The number of azo groups is 1. The van der Waals surface area contributed by atoms with Gasteiger partial charge >= 0.3 is 11.9 Å². The maximum atomic E-state index is 9.95. The van der Waals surface area contributed by atoms with Gasteiger partial charge in [-0.05, 0) is 0 Å². The number of rotatable bonds is 4. The van der Waals surface area contributed by atoms with Crippen LogP contribution in [-0.2, 0) is 9.59 Å². The van der Waals surface area contributed by atoms with Gasteiger partial charge in [0.05, 0.1) is 0 Å². The molecule has 0 heterocycles. The van der Waals surface area contributed by atoms with Crippen LogP contribution >= 0.6 is 0 Å². The van der Waals surface area contributed by atoms with Crippen molar-refractivity contribution >= 4 is 11.9 Å². The van der Waals surface area contributed by atoms with Crippen LogP contribution in [-0.4, -0.2) is 34.9 Å². The summed E-state index contributed by atoms with van der Waals surface area (Å²) in [7, 11) is 0. The fraction of sp³-hybridized carbons (Fsp3) is 0.500. The Balaban J connectivity index is 3.74. The molecule has 0 spiro atoms. The zero-order valence-electron chi connectivity index (χ0n) is 5.47. The summed E-state index contributed by atoms with van der Waals surface area (Å²) in [4.78, 5) is 19.8. The highest BCUT2D eigenvalue weighted by Crippen LogP contribution is 1.83. The number of carbonyl (C=O) groups is 2. The maximum Gasteiger partial charge on any atom is 0.345 e. The molecule has 7 heteroatoms. The topological polar surface area (TPSA) is 125 Å². The fourth-order valence-corrected chi connectivity index (χ4v) is 0.239. The Morgan fingerprint density at radius 2 is 2.00 bits per heavy atom. The number of carboxylic acid groups (broad SMARTS) is 2. The summed E-state index contributed by atoms with van der Waals surface area (Å²) >= 11 is 0. The molecular weight excluding hydrogens is 154 g/mol. The van der Waals surface area contributed by atoms with E-state index in [9.17, 15) is 9.59 Å². The first kappa shape index (κ1) is 9.50. The van der Waals surface area contributed by atoms with Crippen LogP contribution in [0.15, 0.2) is 10.2 Å². The van der Waals surface area contributed by atoms with Crippen LogP contribution in [0.2, 0.25) is 0 Å². The summed E-state index contributed by atoms with van der Waals surface area (Å²) in [5.41, 5.74) is 4.85. The van der Waals surface area contributed by atoms with Crippen molar-refractivity contribution in [1.29, 1.82) is 0 Å². The van der Waals surface area contributed by atoms with E-state index in [-0.39, 0.29) is 0 Å². The third-order valence-corrected chi connectivity index (χ3v) is 0.665. The van der Waals surface area contributed by atoms with Crippen molar-refractivity contribution in [2.24, 2.45) is 16.0 Å². The first-order valence-corrected chi connectivity index (χ1v) is 2.61. The quantitative estimate of drug-likeness (QED) is 0.451. The molecule has 0 amide bonds. The molecule has 0 aromatic heterocycles. The average Bonchev–Trinajstić information content (AvgIpc) is 1.86. The van der Waals surface area contributed by atoms with Crippen LogP contribution < -0.4 is 5.73 Å².